The summed E-state index contributed by atoms with van der Waals surface area (Å²) < 4.78 is 6.08. The first kappa shape index (κ1) is 16.8. The van der Waals surface area contributed by atoms with E-state index in [9.17, 15) is 0 Å². The summed E-state index contributed by atoms with van der Waals surface area (Å²) in [5.74, 6) is 2.02. The van der Waals surface area contributed by atoms with E-state index < -0.39 is 0 Å². The standard InChI is InChI=1S/C20H25N5O/c1-14-10-17(11-18-19(14)20(21)24-23-18)26-13-15-5-8-25(9-6-15)12-16-4-2-3-7-22-16/h2-4,7,10-11,15H,5-6,8-9,12-13H2,1H3,(H3,21,23,24). The van der Waals surface area contributed by atoms with Crippen LogP contribution in [0.5, 0.6) is 5.75 Å². The number of rotatable bonds is 5. The smallest absolute Gasteiger partial charge is 0.153 e. The summed E-state index contributed by atoms with van der Waals surface area (Å²) in [4.78, 5) is 6.89. The number of fused-ring (bicyclic) bond motifs is 1. The van der Waals surface area contributed by atoms with Crippen LogP contribution < -0.4 is 10.5 Å². The molecule has 1 aliphatic rings. The molecule has 0 radical (unpaired) electrons. The van der Waals surface area contributed by atoms with Gasteiger partial charge in [0.25, 0.3) is 0 Å². The average Bonchev–Trinajstić information content (AvgIpc) is 3.03. The van der Waals surface area contributed by atoms with Gasteiger partial charge in [-0.25, -0.2) is 0 Å². The van der Waals surface area contributed by atoms with Gasteiger partial charge in [0.1, 0.15) is 5.75 Å². The Morgan fingerprint density at radius 2 is 2.12 bits per heavy atom. The van der Waals surface area contributed by atoms with Gasteiger partial charge >= 0.3 is 0 Å². The van der Waals surface area contributed by atoms with Crippen molar-refractivity contribution in [1.82, 2.24) is 20.1 Å². The number of likely N-dealkylation sites (tertiary alicyclic amines) is 1. The third-order valence-electron chi connectivity index (χ3n) is 5.17. The van der Waals surface area contributed by atoms with Crippen molar-refractivity contribution < 1.29 is 4.74 Å². The van der Waals surface area contributed by atoms with E-state index in [4.69, 9.17) is 10.5 Å². The molecule has 0 bridgehead atoms. The van der Waals surface area contributed by atoms with Crippen molar-refractivity contribution in [2.24, 2.45) is 5.92 Å². The molecule has 0 aliphatic carbocycles. The Morgan fingerprint density at radius 3 is 2.88 bits per heavy atom. The molecule has 1 aliphatic heterocycles. The first-order valence-electron chi connectivity index (χ1n) is 9.18. The van der Waals surface area contributed by atoms with Crippen LogP contribution in [0.25, 0.3) is 10.9 Å². The Kier molecular flexibility index (Phi) is 4.75. The maximum Gasteiger partial charge on any atom is 0.153 e. The van der Waals surface area contributed by atoms with E-state index in [1.165, 1.54) is 0 Å². The predicted molar refractivity (Wildman–Crippen MR) is 103 cm³/mol. The molecule has 3 N–H and O–H groups in total. The van der Waals surface area contributed by atoms with Crippen molar-refractivity contribution in [3.63, 3.8) is 0 Å². The molecule has 0 amide bonds. The fourth-order valence-corrected chi connectivity index (χ4v) is 3.69. The van der Waals surface area contributed by atoms with Gasteiger partial charge in [-0.3, -0.25) is 15.0 Å². The number of hydrogen-bond acceptors (Lipinski definition) is 5. The monoisotopic (exact) mass is 351 g/mol. The Labute approximate surface area is 153 Å². The molecule has 2 aromatic heterocycles. The highest BCUT2D eigenvalue weighted by Crippen LogP contribution is 2.28. The van der Waals surface area contributed by atoms with Crippen molar-refractivity contribution in [3.8, 4) is 5.75 Å². The number of aromatic amines is 1. The molecule has 0 unspecified atom stereocenters. The number of hydrogen-bond donors (Lipinski definition) is 2. The molecule has 1 aromatic carbocycles. The lowest BCUT2D eigenvalue weighted by atomic mass is 9.97. The number of nitrogens with one attached hydrogen (secondary N) is 1. The zero-order valence-corrected chi connectivity index (χ0v) is 15.1. The first-order chi connectivity index (χ1) is 12.7. The molecule has 0 spiro atoms. The van der Waals surface area contributed by atoms with Crippen LogP contribution in [0.3, 0.4) is 0 Å². The summed E-state index contributed by atoms with van der Waals surface area (Å²) in [6.45, 7) is 5.92. The number of piperidine rings is 1. The molecule has 26 heavy (non-hydrogen) atoms. The second-order valence-electron chi connectivity index (χ2n) is 7.12. The number of aryl methyl sites for hydroxylation is 1. The van der Waals surface area contributed by atoms with Crippen LogP contribution in [0.15, 0.2) is 36.5 Å². The third-order valence-corrected chi connectivity index (χ3v) is 5.17. The van der Waals surface area contributed by atoms with Crippen LogP contribution in [0.1, 0.15) is 24.1 Å². The molecule has 3 heterocycles. The normalized spacial score (nSPS) is 16.2. The lowest BCUT2D eigenvalue weighted by molar-refractivity contribution is 0.136. The second-order valence-corrected chi connectivity index (χ2v) is 7.12. The second kappa shape index (κ2) is 7.33. The zero-order valence-electron chi connectivity index (χ0n) is 15.1. The minimum atomic E-state index is 0.546. The number of nitrogen functional groups attached to an aromatic ring is 1. The number of pyridine rings is 1. The number of benzene rings is 1. The zero-order chi connectivity index (χ0) is 17.9. The van der Waals surface area contributed by atoms with Gasteiger partial charge in [0.05, 0.1) is 17.8 Å². The van der Waals surface area contributed by atoms with Gasteiger partial charge in [-0.05, 0) is 62.5 Å². The van der Waals surface area contributed by atoms with E-state index in [-0.39, 0.29) is 0 Å². The summed E-state index contributed by atoms with van der Waals surface area (Å²) in [6, 6.07) is 10.1. The predicted octanol–water partition coefficient (Wildman–Crippen LogP) is 3.14. The molecule has 0 saturated carbocycles. The highest BCUT2D eigenvalue weighted by atomic mass is 16.5. The Morgan fingerprint density at radius 1 is 1.27 bits per heavy atom. The molecule has 6 heteroatoms. The summed E-state index contributed by atoms with van der Waals surface area (Å²) >= 11 is 0. The van der Waals surface area contributed by atoms with Crippen LogP contribution in [-0.2, 0) is 6.54 Å². The Balaban J connectivity index is 1.30. The molecule has 0 atom stereocenters. The van der Waals surface area contributed by atoms with E-state index >= 15 is 0 Å². The van der Waals surface area contributed by atoms with Crippen LogP contribution in [0, 0.1) is 12.8 Å². The van der Waals surface area contributed by atoms with E-state index in [0.717, 1.165) is 67.0 Å². The van der Waals surface area contributed by atoms with Gasteiger partial charge in [0.2, 0.25) is 0 Å². The Bertz CT molecular complexity index is 869. The topological polar surface area (TPSA) is 80.1 Å². The molecular weight excluding hydrogens is 326 g/mol. The lowest BCUT2D eigenvalue weighted by Gasteiger charge is -2.31. The van der Waals surface area contributed by atoms with Crippen LogP contribution >= 0.6 is 0 Å². The summed E-state index contributed by atoms with van der Waals surface area (Å²) in [6.07, 6.45) is 4.18. The van der Waals surface area contributed by atoms with E-state index in [0.29, 0.717) is 11.7 Å². The average molecular weight is 351 g/mol. The quantitative estimate of drug-likeness (QED) is 0.738. The van der Waals surface area contributed by atoms with E-state index in [1.54, 1.807) is 0 Å². The largest absolute Gasteiger partial charge is 0.493 e. The van der Waals surface area contributed by atoms with Crippen LogP contribution in [0.2, 0.25) is 0 Å². The molecular formula is C20H25N5O. The van der Waals surface area contributed by atoms with Gasteiger partial charge in [0, 0.05) is 24.2 Å². The molecule has 4 rings (SSSR count). The van der Waals surface area contributed by atoms with E-state index in [1.807, 2.05) is 31.3 Å². The van der Waals surface area contributed by atoms with Gasteiger partial charge in [0.15, 0.2) is 5.82 Å². The third kappa shape index (κ3) is 3.65. The number of nitrogens with zero attached hydrogens (tertiary/aromatic N) is 3. The fraction of sp³-hybridized carbons (Fsp3) is 0.400. The highest BCUT2D eigenvalue weighted by Gasteiger charge is 2.20. The van der Waals surface area contributed by atoms with Gasteiger partial charge < -0.3 is 10.5 Å². The molecule has 6 nitrogen and oxygen atoms in total. The summed E-state index contributed by atoms with van der Waals surface area (Å²) in [5, 5.41) is 8.03. The minimum Gasteiger partial charge on any atom is -0.493 e. The molecule has 1 fully saturated rings. The van der Waals surface area contributed by atoms with Crippen molar-refractivity contribution in [3.05, 3.63) is 47.8 Å². The van der Waals surface area contributed by atoms with E-state index in [2.05, 4.69) is 32.2 Å². The number of aromatic nitrogens is 3. The fourth-order valence-electron chi connectivity index (χ4n) is 3.69. The highest BCUT2D eigenvalue weighted by molar-refractivity contribution is 5.92. The van der Waals surface area contributed by atoms with Crippen LogP contribution in [-0.4, -0.2) is 39.8 Å². The summed E-state index contributed by atoms with van der Waals surface area (Å²) in [5.41, 5.74) is 9.06. The Hall–Kier alpha value is -2.60. The molecule has 3 aromatic rings. The minimum absolute atomic E-state index is 0.546. The molecule has 1 saturated heterocycles. The number of anilines is 1. The first-order valence-corrected chi connectivity index (χ1v) is 9.18. The SMILES string of the molecule is Cc1cc(OCC2CCN(Cc3ccccn3)CC2)cc2[nH]nc(N)c12. The maximum atomic E-state index is 6.08. The maximum absolute atomic E-state index is 6.08. The van der Waals surface area contributed by atoms with Gasteiger partial charge in [-0.15, -0.1) is 0 Å². The van der Waals surface area contributed by atoms with Gasteiger partial charge in [-0.2, -0.15) is 5.10 Å². The number of nitrogens with two attached hydrogens (primary N) is 1. The number of H-pyrrole nitrogens is 1. The van der Waals surface area contributed by atoms with Crippen molar-refractivity contribution in [2.45, 2.75) is 26.3 Å². The van der Waals surface area contributed by atoms with Crippen LogP contribution in [0.4, 0.5) is 5.82 Å². The van der Waals surface area contributed by atoms with Crippen molar-refractivity contribution in [2.75, 3.05) is 25.4 Å². The molecule has 136 valence electrons. The van der Waals surface area contributed by atoms with Crippen molar-refractivity contribution in [1.29, 1.82) is 0 Å². The van der Waals surface area contributed by atoms with Crippen molar-refractivity contribution >= 4 is 16.7 Å². The summed E-state index contributed by atoms with van der Waals surface area (Å²) in [7, 11) is 0. The lowest BCUT2D eigenvalue weighted by Crippen LogP contribution is -2.35. The van der Waals surface area contributed by atoms with Gasteiger partial charge in [-0.1, -0.05) is 6.07 Å². The number of ether oxygens (including phenoxy) is 1.